The Kier molecular flexibility index (Phi) is 1.72. The molecule has 4 heteroatoms. The lowest BCUT2D eigenvalue weighted by Crippen LogP contribution is -2.39. The Morgan fingerprint density at radius 1 is 1.44 bits per heavy atom. The number of aliphatic hydroxyl groups is 2. The van der Waals surface area contributed by atoms with Crippen molar-refractivity contribution in [2.45, 2.75) is 31.5 Å². The van der Waals surface area contributed by atoms with Crippen LogP contribution in [0.5, 0.6) is 0 Å². The second-order valence-corrected chi connectivity index (χ2v) is 2.30. The highest BCUT2D eigenvalue weighted by molar-refractivity contribution is 4.85. The smallest absolute Gasteiger partial charge is 0.172 e. The summed E-state index contributed by atoms with van der Waals surface area (Å²) in [6.07, 6.45) is -2.09. The lowest BCUT2D eigenvalue weighted by Gasteiger charge is -2.08. The van der Waals surface area contributed by atoms with Gasteiger partial charge in [0.2, 0.25) is 0 Å². The number of hydrogen-bond donors (Lipinski definition) is 3. The van der Waals surface area contributed by atoms with Gasteiger partial charge in [0.15, 0.2) is 6.29 Å². The molecule has 0 bridgehead atoms. The summed E-state index contributed by atoms with van der Waals surface area (Å²) < 4.78 is 4.77. The van der Waals surface area contributed by atoms with Gasteiger partial charge in [-0.1, -0.05) is 0 Å². The molecular weight excluding hydrogens is 122 g/mol. The van der Waals surface area contributed by atoms with Gasteiger partial charge in [-0.3, -0.25) is 0 Å². The molecule has 1 aliphatic rings. The topological polar surface area (TPSA) is 75.7 Å². The Morgan fingerprint density at radius 3 is 2.11 bits per heavy atom. The van der Waals surface area contributed by atoms with Crippen LogP contribution in [-0.2, 0) is 4.74 Å². The molecule has 54 valence electrons. The summed E-state index contributed by atoms with van der Waals surface area (Å²) >= 11 is 0. The molecule has 0 aromatic carbocycles. The molecule has 1 aliphatic heterocycles. The van der Waals surface area contributed by atoms with Gasteiger partial charge in [0, 0.05) is 0 Å². The average Bonchev–Trinajstić information content (AvgIpc) is 1.98. The van der Waals surface area contributed by atoms with Crippen LogP contribution in [0, 0.1) is 0 Å². The maximum absolute atomic E-state index is 9.03. The summed E-state index contributed by atoms with van der Waals surface area (Å²) in [5.41, 5.74) is 5.29. The van der Waals surface area contributed by atoms with E-state index in [2.05, 4.69) is 0 Å². The van der Waals surface area contributed by atoms with Crippen LogP contribution in [0.25, 0.3) is 0 Å². The third-order valence-electron chi connectivity index (χ3n) is 1.56. The van der Waals surface area contributed by atoms with Gasteiger partial charge in [-0.25, -0.2) is 0 Å². The number of nitrogens with two attached hydrogens (primary N) is 1. The molecule has 4 atom stereocenters. The largest absolute Gasteiger partial charge is 0.389 e. The first-order valence-corrected chi connectivity index (χ1v) is 2.90. The molecule has 0 aromatic heterocycles. The summed E-state index contributed by atoms with van der Waals surface area (Å²) in [4.78, 5) is 0. The highest BCUT2D eigenvalue weighted by Gasteiger charge is 2.37. The number of ether oxygens (including phenoxy) is 1. The van der Waals surface area contributed by atoms with E-state index >= 15 is 0 Å². The van der Waals surface area contributed by atoms with Gasteiger partial charge in [-0.2, -0.15) is 0 Å². The van der Waals surface area contributed by atoms with E-state index in [1.807, 2.05) is 0 Å². The molecule has 1 fully saturated rings. The van der Waals surface area contributed by atoms with Crippen molar-refractivity contribution in [3.05, 3.63) is 0 Å². The van der Waals surface area contributed by atoms with E-state index in [1.165, 1.54) is 0 Å². The Morgan fingerprint density at radius 2 is 2.00 bits per heavy atom. The van der Waals surface area contributed by atoms with Gasteiger partial charge in [0.1, 0.15) is 0 Å². The van der Waals surface area contributed by atoms with Crippen molar-refractivity contribution in [3.63, 3.8) is 0 Å². The van der Waals surface area contributed by atoms with Crippen molar-refractivity contribution in [2.75, 3.05) is 0 Å². The highest BCUT2D eigenvalue weighted by atomic mass is 16.6. The fourth-order valence-corrected chi connectivity index (χ4v) is 0.873. The predicted molar refractivity (Wildman–Crippen MR) is 30.5 cm³/mol. The van der Waals surface area contributed by atoms with E-state index in [1.54, 1.807) is 6.92 Å². The van der Waals surface area contributed by atoms with Gasteiger partial charge < -0.3 is 20.7 Å². The molecule has 4 nitrogen and oxygen atoms in total. The molecule has 0 radical (unpaired) electrons. The first kappa shape index (κ1) is 6.95. The fraction of sp³-hybridized carbons (Fsp3) is 1.00. The van der Waals surface area contributed by atoms with Crippen LogP contribution >= 0.6 is 0 Å². The maximum atomic E-state index is 9.03. The lowest BCUT2D eigenvalue weighted by molar-refractivity contribution is -0.0932. The maximum Gasteiger partial charge on any atom is 0.172 e. The first-order valence-electron chi connectivity index (χ1n) is 2.90. The molecule has 0 saturated carbocycles. The summed E-state index contributed by atoms with van der Waals surface area (Å²) in [5.74, 6) is 0. The van der Waals surface area contributed by atoms with E-state index in [4.69, 9.17) is 20.7 Å². The average molecular weight is 133 g/mol. The molecule has 4 N–H and O–H groups in total. The van der Waals surface area contributed by atoms with Gasteiger partial charge in [-0.15, -0.1) is 0 Å². The van der Waals surface area contributed by atoms with Crippen molar-refractivity contribution in [1.82, 2.24) is 0 Å². The normalized spacial score (nSPS) is 52.0. The monoisotopic (exact) mass is 133 g/mol. The van der Waals surface area contributed by atoms with Crippen molar-refractivity contribution < 1.29 is 14.9 Å². The third-order valence-corrected chi connectivity index (χ3v) is 1.56. The minimum absolute atomic E-state index is 0.352. The number of aliphatic hydroxyl groups excluding tert-OH is 2. The zero-order chi connectivity index (χ0) is 7.02. The Bertz CT molecular complexity index is 96.4. The van der Waals surface area contributed by atoms with Crippen LogP contribution in [0.4, 0.5) is 0 Å². The molecule has 1 rings (SSSR count). The van der Waals surface area contributed by atoms with Crippen LogP contribution < -0.4 is 5.73 Å². The SMILES string of the molecule is C[C@H]1O[C@H](O)[C@@H](N)[C@@H]1O. The molecule has 9 heavy (non-hydrogen) atoms. The Hall–Kier alpha value is -0.160. The zero-order valence-electron chi connectivity index (χ0n) is 5.19. The lowest BCUT2D eigenvalue weighted by atomic mass is 10.1. The molecule has 0 aromatic rings. The number of rotatable bonds is 0. The summed E-state index contributed by atoms with van der Waals surface area (Å²) in [6.45, 7) is 1.67. The highest BCUT2D eigenvalue weighted by Crippen LogP contribution is 2.16. The van der Waals surface area contributed by atoms with E-state index in [9.17, 15) is 0 Å². The van der Waals surface area contributed by atoms with Gasteiger partial charge in [0.25, 0.3) is 0 Å². The fourth-order valence-electron chi connectivity index (χ4n) is 0.873. The van der Waals surface area contributed by atoms with Crippen LogP contribution in [-0.4, -0.2) is 34.8 Å². The van der Waals surface area contributed by atoms with Gasteiger partial charge in [0.05, 0.1) is 18.2 Å². The molecule has 1 saturated heterocycles. The van der Waals surface area contributed by atoms with Crippen LogP contribution in [0.1, 0.15) is 6.92 Å². The summed E-state index contributed by atoms with van der Waals surface area (Å²) in [6, 6.07) is -0.653. The van der Waals surface area contributed by atoms with E-state index in [0.717, 1.165) is 0 Å². The molecular formula is C5H11NO3. The minimum Gasteiger partial charge on any atom is -0.389 e. The molecule has 0 aliphatic carbocycles. The van der Waals surface area contributed by atoms with Crippen LogP contribution in [0.15, 0.2) is 0 Å². The first-order chi connectivity index (χ1) is 4.13. The van der Waals surface area contributed by atoms with Crippen molar-refractivity contribution in [1.29, 1.82) is 0 Å². The third kappa shape index (κ3) is 1.07. The van der Waals surface area contributed by atoms with Crippen molar-refractivity contribution in [2.24, 2.45) is 5.73 Å². The van der Waals surface area contributed by atoms with E-state index in [-0.39, 0.29) is 6.10 Å². The summed E-state index contributed by atoms with van der Waals surface area (Å²) in [7, 11) is 0. The second-order valence-electron chi connectivity index (χ2n) is 2.30. The molecule has 0 amide bonds. The molecule has 0 unspecified atom stereocenters. The number of hydrogen-bond acceptors (Lipinski definition) is 4. The summed E-state index contributed by atoms with van der Waals surface area (Å²) in [5, 5.41) is 17.9. The van der Waals surface area contributed by atoms with Crippen LogP contribution in [0.3, 0.4) is 0 Å². The van der Waals surface area contributed by atoms with E-state index in [0.29, 0.717) is 0 Å². The Labute approximate surface area is 53.2 Å². The van der Waals surface area contributed by atoms with Crippen LogP contribution in [0.2, 0.25) is 0 Å². The standard InChI is InChI=1S/C5H11NO3/c1-2-4(7)3(6)5(8)9-2/h2-5,7-8H,6H2,1H3/t2-,3+,4-,5+/m1/s1. The quantitative estimate of drug-likeness (QED) is 0.372. The zero-order valence-corrected chi connectivity index (χ0v) is 5.19. The minimum atomic E-state index is -1.00. The van der Waals surface area contributed by atoms with E-state index < -0.39 is 18.4 Å². The molecule has 0 spiro atoms. The second kappa shape index (κ2) is 2.22. The predicted octanol–water partition coefficient (Wildman–Crippen LogP) is -1.59. The Balaban J connectivity index is 2.54. The molecule has 1 heterocycles. The van der Waals surface area contributed by atoms with Gasteiger partial charge in [-0.05, 0) is 6.92 Å². The van der Waals surface area contributed by atoms with Crippen molar-refractivity contribution >= 4 is 0 Å². The van der Waals surface area contributed by atoms with Crippen molar-refractivity contribution in [3.8, 4) is 0 Å². The van der Waals surface area contributed by atoms with Gasteiger partial charge >= 0.3 is 0 Å².